The lowest BCUT2D eigenvalue weighted by Crippen LogP contribution is -2.40. The number of aliphatic carboxylic acids is 1. The Morgan fingerprint density at radius 2 is 1.57 bits per heavy atom. The third-order valence-electron chi connectivity index (χ3n) is 3.86. The molecule has 122 valence electrons. The minimum atomic E-state index is -0.791. The van der Waals surface area contributed by atoms with E-state index in [4.69, 9.17) is 14.6 Å². The Kier molecular flexibility index (Phi) is 8.30. The summed E-state index contributed by atoms with van der Waals surface area (Å²) in [5.74, 6) is -1.30. The highest BCUT2D eigenvalue weighted by molar-refractivity contribution is 5.81. The number of amides is 1. The lowest BCUT2D eigenvalue weighted by atomic mass is 10.0. The van der Waals surface area contributed by atoms with Crippen molar-refractivity contribution in [1.29, 1.82) is 0 Å². The smallest absolute Gasteiger partial charge is 0.306 e. The summed E-state index contributed by atoms with van der Waals surface area (Å²) in [6.07, 6.45) is 1.71. The van der Waals surface area contributed by atoms with E-state index in [1.807, 2.05) is 13.8 Å². The van der Waals surface area contributed by atoms with Crippen molar-refractivity contribution in [3.63, 3.8) is 0 Å². The molecule has 0 radical (unpaired) electrons. The summed E-state index contributed by atoms with van der Waals surface area (Å²) in [6, 6.07) is 0. The Balaban J connectivity index is 2.50. The van der Waals surface area contributed by atoms with E-state index in [0.717, 1.165) is 0 Å². The summed E-state index contributed by atoms with van der Waals surface area (Å²) >= 11 is 0. The molecule has 6 heteroatoms. The van der Waals surface area contributed by atoms with Crippen LogP contribution in [0.1, 0.15) is 33.1 Å². The molecule has 1 rings (SSSR count). The molecule has 1 amide bonds. The van der Waals surface area contributed by atoms with Gasteiger partial charge >= 0.3 is 5.97 Å². The highest BCUT2D eigenvalue weighted by Gasteiger charge is 2.35. The molecule has 0 spiro atoms. The van der Waals surface area contributed by atoms with E-state index in [2.05, 4.69) is 0 Å². The van der Waals surface area contributed by atoms with E-state index in [1.54, 1.807) is 4.90 Å². The van der Waals surface area contributed by atoms with E-state index in [9.17, 15) is 9.59 Å². The summed E-state index contributed by atoms with van der Waals surface area (Å²) in [7, 11) is 0. The fourth-order valence-corrected chi connectivity index (χ4v) is 2.66. The minimum absolute atomic E-state index is 0.0400. The van der Waals surface area contributed by atoms with E-state index in [-0.39, 0.29) is 17.7 Å². The van der Waals surface area contributed by atoms with Crippen LogP contribution in [0.25, 0.3) is 0 Å². The number of nitrogens with zero attached hydrogens (tertiary/aromatic N) is 1. The standard InChI is InChI=1S/C15H27NO5/c1-3-20-9-7-16(8-10-21-4-2)14(17)12-5-6-13(11-12)15(18)19/h12-13H,3-11H2,1-2H3,(H,18,19)/t12-,13+/m1/s1. The molecule has 0 unspecified atom stereocenters. The van der Waals surface area contributed by atoms with Gasteiger partial charge in [-0.15, -0.1) is 0 Å². The summed E-state index contributed by atoms with van der Waals surface area (Å²) in [5, 5.41) is 9.03. The number of ether oxygens (including phenoxy) is 2. The molecule has 6 nitrogen and oxygen atoms in total. The molecule has 0 aromatic heterocycles. The molecule has 2 atom stereocenters. The topological polar surface area (TPSA) is 76.1 Å². The Labute approximate surface area is 126 Å². The minimum Gasteiger partial charge on any atom is -0.481 e. The molecular weight excluding hydrogens is 274 g/mol. The van der Waals surface area contributed by atoms with Crippen molar-refractivity contribution < 1.29 is 24.2 Å². The Hall–Kier alpha value is -1.14. The highest BCUT2D eigenvalue weighted by atomic mass is 16.5. The molecule has 1 saturated carbocycles. The third kappa shape index (κ3) is 6.01. The van der Waals surface area contributed by atoms with Crippen molar-refractivity contribution in [1.82, 2.24) is 4.90 Å². The average molecular weight is 301 g/mol. The van der Waals surface area contributed by atoms with Gasteiger partial charge in [0.1, 0.15) is 0 Å². The van der Waals surface area contributed by atoms with Gasteiger partial charge in [-0.2, -0.15) is 0 Å². The zero-order chi connectivity index (χ0) is 15.7. The molecule has 0 aliphatic heterocycles. The van der Waals surface area contributed by atoms with Crippen LogP contribution in [-0.4, -0.2) is 61.4 Å². The first kappa shape index (κ1) is 17.9. The summed E-state index contributed by atoms with van der Waals surface area (Å²) in [6.45, 7) is 7.16. The maximum Gasteiger partial charge on any atom is 0.306 e. The molecule has 1 fully saturated rings. The fourth-order valence-electron chi connectivity index (χ4n) is 2.66. The quantitative estimate of drug-likeness (QED) is 0.617. The van der Waals surface area contributed by atoms with Crippen molar-refractivity contribution in [2.45, 2.75) is 33.1 Å². The second kappa shape index (κ2) is 9.73. The summed E-state index contributed by atoms with van der Waals surface area (Å²) in [5.41, 5.74) is 0. The van der Waals surface area contributed by atoms with Crippen LogP contribution in [0.5, 0.6) is 0 Å². The van der Waals surface area contributed by atoms with Crippen molar-refractivity contribution in [2.75, 3.05) is 39.5 Å². The van der Waals surface area contributed by atoms with Crippen LogP contribution < -0.4 is 0 Å². The normalized spacial score (nSPS) is 21.4. The van der Waals surface area contributed by atoms with E-state index in [1.165, 1.54) is 0 Å². The molecular formula is C15H27NO5. The van der Waals surface area contributed by atoms with Gasteiger partial charge in [0.25, 0.3) is 0 Å². The second-order valence-electron chi connectivity index (χ2n) is 5.26. The molecule has 1 aliphatic carbocycles. The monoisotopic (exact) mass is 301 g/mol. The van der Waals surface area contributed by atoms with E-state index < -0.39 is 5.97 Å². The SMILES string of the molecule is CCOCCN(CCOCC)C(=O)[C@@H]1CC[C@H](C(=O)O)C1. The first-order valence-electron chi connectivity index (χ1n) is 7.77. The number of rotatable bonds is 10. The van der Waals surface area contributed by atoms with E-state index >= 15 is 0 Å². The Morgan fingerprint density at radius 1 is 1.05 bits per heavy atom. The zero-order valence-corrected chi connectivity index (χ0v) is 13.0. The number of hydrogen-bond donors (Lipinski definition) is 1. The number of carbonyl (C=O) groups excluding carboxylic acids is 1. The van der Waals surface area contributed by atoms with Crippen molar-refractivity contribution in [3.05, 3.63) is 0 Å². The highest BCUT2D eigenvalue weighted by Crippen LogP contribution is 2.32. The van der Waals surface area contributed by atoms with Crippen LogP contribution in [0.2, 0.25) is 0 Å². The van der Waals surface area contributed by atoms with Crippen LogP contribution in [-0.2, 0) is 19.1 Å². The largest absolute Gasteiger partial charge is 0.481 e. The number of carbonyl (C=O) groups is 2. The average Bonchev–Trinajstić information content (AvgIpc) is 2.95. The van der Waals surface area contributed by atoms with Crippen molar-refractivity contribution >= 4 is 11.9 Å². The molecule has 0 aromatic rings. The van der Waals surface area contributed by atoms with Gasteiger partial charge < -0.3 is 19.5 Å². The van der Waals surface area contributed by atoms with Crippen LogP contribution >= 0.6 is 0 Å². The van der Waals surface area contributed by atoms with Gasteiger partial charge in [0, 0.05) is 32.2 Å². The van der Waals surface area contributed by atoms with Gasteiger partial charge in [-0.3, -0.25) is 9.59 Å². The summed E-state index contributed by atoms with van der Waals surface area (Å²) in [4.78, 5) is 25.3. The number of carboxylic acid groups (broad SMARTS) is 1. The molecule has 1 N–H and O–H groups in total. The molecule has 1 aliphatic rings. The van der Waals surface area contributed by atoms with Crippen molar-refractivity contribution in [2.24, 2.45) is 11.8 Å². The van der Waals surface area contributed by atoms with Crippen LogP contribution in [0.3, 0.4) is 0 Å². The first-order chi connectivity index (χ1) is 10.1. The molecule has 0 heterocycles. The second-order valence-corrected chi connectivity index (χ2v) is 5.26. The Bertz CT molecular complexity index is 324. The van der Waals surface area contributed by atoms with Crippen LogP contribution in [0.4, 0.5) is 0 Å². The maximum absolute atomic E-state index is 12.5. The predicted octanol–water partition coefficient (Wildman–Crippen LogP) is 1.39. The van der Waals surface area contributed by atoms with E-state index in [0.29, 0.717) is 58.8 Å². The van der Waals surface area contributed by atoms with Crippen LogP contribution in [0.15, 0.2) is 0 Å². The molecule has 0 saturated heterocycles. The lowest BCUT2D eigenvalue weighted by Gasteiger charge is -2.25. The van der Waals surface area contributed by atoms with Gasteiger partial charge in [0.15, 0.2) is 0 Å². The predicted molar refractivity (Wildman–Crippen MR) is 78.0 cm³/mol. The van der Waals surface area contributed by atoms with Gasteiger partial charge in [-0.05, 0) is 33.1 Å². The van der Waals surface area contributed by atoms with Gasteiger partial charge in [0.2, 0.25) is 5.91 Å². The maximum atomic E-state index is 12.5. The van der Waals surface area contributed by atoms with Gasteiger partial charge in [0.05, 0.1) is 19.1 Å². The zero-order valence-electron chi connectivity index (χ0n) is 13.0. The molecule has 0 aromatic carbocycles. The number of hydrogen-bond acceptors (Lipinski definition) is 4. The van der Waals surface area contributed by atoms with Gasteiger partial charge in [-0.25, -0.2) is 0 Å². The molecule has 0 bridgehead atoms. The van der Waals surface area contributed by atoms with Crippen molar-refractivity contribution in [3.8, 4) is 0 Å². The third-order valence-corrected chi connectivity index (χ3v) is 3.86. The fraction of sp³-hybridized carbons (Fsp3) is 0.867. The van der Waals surface area contributed by atoms with Crippen LogP contribution in [0, 0.1) is 11.8 Å². The first-order valence-corrected chi connectivity index (χ1v) is 7.77. The molecule has 21 heavy (non-hydrogen) atoms. The lowest BCUT2D eigenvalue weighted by molar-refractivity contribution is -0.142. The Morgan fingerprint density at radius 3 is 2.00 bits per heavy atom. The van der Waals surface area contributed by atoms with Gasteiger partial charge in [-0.1, -0.05) is 0 Å². The number of carboxylic acids is 1. The summed E-state index contributed by atoms with van der Waals surface area (Å²) < 4.78 is 10.6.